The molecule has 1 aromatic carbocycles. The molecule has 0 N–H and O–H groups in total. The second-order valence-electron chi connectivity index (χ2n) is 4.29. The van der Waals surface area contributed by atoms with Crippen molar-refractivity contribution in [3.63, 3.8) is 0 Å². The van der Waals surface area contributed by atoms with Gasteiger partial charge in [-0.25, -0.2) is 4.79 Å². The molecule has 0 radical (unpaired) electrons. The van der Waals surface area contributed by atoms with Crippen molar-refractivity contribution in [2.75, 3.05) is 6.61 Å². The Morgan fingerprint density at radius 3 is 2.68 bits per heavy atom. The Hall–Kier alpha value is -2.10. The molecular formula is C15H17NO3. The van der Waals surface area contributed by atoms with Crippen molar-refractivity contribution < 1.29 is 9.53 Å². The summed E-state index contributed by atoms with van der Waals surface area (Å²) in [5, 5.41) is 0.874. The third kappa shape index (κ3) is 2.52. The van der Waals surface area contributed by atoms with Crippen LogP contribution in [0.1, 0.15) is 30.6 Å². The number of hydrogen-bond acceptors (Lipinski definition) is 3. The predicted octanol–water partition coefficient (Wildman–Crippen LogP) is 2.59. The number of aromatic nitrogens is 1. The number of rotatable bonds is 4. The number of pyridine rings is 1. The van der Waals surface area contributed by atoms with Gasteiger partial charge >= 0.3 is 5.97 Å². The molecule has 0 saturated heterocycles. The molecular weight excluding hydrogens is 242 g/mol. The second-order valence-corrected chi connectivity index (χ2v) is 4.29. The Labute approximate surface area is 111 Å². The Morgan fingerprint density at radius 1 is 1.26 bits per heavy atom. The van der Waals surface area contributed by atoms with Crippen LogP contribution in [-0.4, -0.2) is 17.1 Å². The average molecular weight is 259 g/mol. The van der Waals surface area contributed by atoms with Gasteiger partial charge in [0.15, 0.2) is 0 Å². The summed E-state index contributed by atoms with van der Waals surface area (Å²) in [5.41, 5.74) is 0.676. The highest BCUT2D eigenvalue weighted by Gasteiger charge is 2.15. The molecule has 4 nitrogen and oxygen atoms in total. The molecule has 1 aromatic heterocycles. The van der Waals surface area contributed by atoms with Gasteiger partial charge in [0.2, 0.25) is 0 Å². The first kappa shape index (κ1) is 13.3. The number of nitrogens with zero attached hydrogens (tertiary/aromatic N) is 1. The van der Waals surface area contributed by atoms with Crippen LogP contribution in [0.5, 0.6) is 0 Å². The first-order chi connectivity index (χ1) is 9.19. The minimum Gasteiger partial charge on any atom is -0.462 e. The van der Waals surface area contributed by atoms with Crippen molar-refractivity contribution in [2.45, 2.75) is 26.8 Å². The van der Waals surface area contributed by atoms with Gasteiger partial charge < -0.3 is 9.30 Å². The maximum Gasteiger partial charge on any atom is 0.343 e. The van der Waals surface area contributed by atoms with Crippen LogP contribution in [0, 0.1) is 0 Å². The first-order valence-corrected chi connectivity index (χ1v) is 6.48. The van der Waals surface area contributed by atoms with Gasteiger partial charge in [-0.1, -0.05) is 25.1 Å². The third-order valence-corrected chi connectivity index (χ3v) is 2.95. The zero-order valence-corrected chi connectivity index (χ0v) is 11.2. The zero-order chi connectivity index (χ0) is 13.8. The van der Waals surface area contributed by atoms with E-state index >= 15 is 0 Å². The minimum absolute atomic E-state index is 0.106. The summed E-state index contributed by atoms with van der Waals surface area (Å²) in [5.74, 6) is -0.553. The average Bonchev–Trinajstić information content (AvgIpc) is 2.42. The summed E-state index contributed by atoms with van der Waals surface area (Å²) in [6, 6.07) is 9.17. The van der Waals surface area contributed by atoms with Crippen LogP contribution < -0.4 is 5.56 Å². The van der Waals surface area contributed by atoms with Crippen LogP contribution in [0.25, 0.3) is 10.9 Å². The summed E-state index contributed by atoms with van der Waals surface area (Å²) in [6.07, 6.45) is 0.830. The van der Waals surface area contributed by atoms with Crippen molar-refractivity contribution in [2.24, 2.45) is 0 Å². The monoisotopic (exact) mass is 259 g/mol. The van der Waals surface area contributed by atoms with Gasteiger partial charge in [0.25, 0.3) is 5.56 Å². The first-order valence-electron chi connectivity index (χ1n) is 6.48. The van der Waals surface area contributed by atoms with E-state index in [0.717, 1.165) is 17.3 Å². The fourth-order valence-corrected chi connectivity index (χ4v) is 2.13. The number of hydrogen-bond donors (Lipinski definition) is 0. The van der Waals surface area contributed by atoms with Crippen LogP contribution in [0.15, 0.2) is 35.1 Å². The van der Waals surface area contributed by atoms with Crippen LogP contribution >= 0.6 is 0 Å². The highest BCUT2D eigenvalue weighted by atomic mass is 16.5. The lowest BCUT2D eigenvalue weighted by Crippen LogP contribution is -2.27. The standard InChI is InChI=1S/C15H17NO3/c1-3-9-16-13-8-6-5-7-11(13)10-12(14(16)17)15(18)19-4-2/h5-8,10H,3-4,9H2,1-2H3. The lowest BCUT2D eigenvalue weighted by Gasteiger charge is -2.11. The fourth-order valence-electron chi connectivity index (χ4n) is 2.13. The topological polar surface area (TPSA) is 48.3 Å². The number of esters is 1. The molecule has 100 valence electrons. The molecule has 4 heteroatoms. The van der Waals surface area contributed by atoms with E-state index in [0.29, 0.717) is 6.54 Å². The highest BCUT2D eigenvalue weighted by molar-refractivity contribution is 5.93. The number of fused-ring (bicyclic) bond motifs is 1. The summed E-state index contributed by atoms with van der Waals surface area (Å²) in [6.45, 7) is 4.58. The lowest BCUT2D eigenvalue weighted by molar-refractivity contribution is 0.0524. The normalized spacial score (nSPS) is 10.6. The van der Waals surface area contributed by atoms with Crippen molar-refractivity contribution in [3.05, 3.63) is 46.2 Å². The van der Waals surface area contributed by atoms with Crippen molar-refractivity contribution in [1.82, 2.24) is 4.57 Å². The van der Waals surface area contributed by atoms with Crippen molar-refractivity contribution >= 4 is 16.9 Å². The van der Waals surface area contributed by atoms with Crippen LogP contribution in [0.2, 0.25) is 0 Å². The maximum absolute atomic E-state index is 12.4. The second kappa shape index (κ2) is 5.69. The van der Waals surface area contributed by atoms with E-state index in [1.54, 1.807) is 17.6 Å². The van der Waals surface area contributed by atoms with Gasteiger partial charge in [-0.15, -0.1) is 0 Å². The largest absolute Gasteiger partial charge is 0.462 e. The Bertz CT molecular complexity index is 658. The van der Waals surface area contributed by atoms with E-state index in [2.05, 4.69) is 0 Å². The van der Waals surface area contributed by atoms with Gasteiger partial charge in [0.1, 0.15) is 5.56 Å². The van der Waals surface area contributed by atoms with E-state index in [1.807, 2.05) is 31.2 Å². The SMILES string of the molecule is CCCn1c(=O)c(C(=O)OCC)cc2ccccc21. The Balaban J connectivity index is 2.70. The van der Waals surface area contributed by atoms with Gasteiger partial charge in [0, 0.05) is 6.54 Å². The van der Waals surface area contributed by atoms with Crippen LogP contribution in [0.3, 0.4) is 0 Å². The number of carbonyl (C=O) groups is 1. The lowest BCUT2D eigenvalue weighted by atomic mass is 10.1. The molecule has 2 aromatic rings. The van der Waals surface area contributed by atoms with Gasteiger partial charge in [-0.05, 0) is 30.9 Å². The molecule has 0 fully saturated rings. The van der Waals surface area contributed by atoms with Crippen LogP contribution in [0.4, 0.5) is 0 Å². The van der Waals surface area contributed by atoms with Gasteiger partial charge in [-0.2, -0.15) is 0 Å². The fraction of sp³-hybridized carbons (Fsp3) is 0.333. The number of carbonyl (C=O) groups excluding carboxylic acids is 1. The number of benzene rings is 1. The molecule has 0 unspecified atom stereocenters. The van der Waals surface area contributed by atoms with Crippen molar-refractivity contribution in [3.8, 4) is 0 Å². The summed E-state index contributed by atoms with van der Waals surface area (Å²) in [7, 11) is 0. The Kier molecular flexibility index (Phi) is 4.00. The van der Waals surface area contributed by atoms with Gasteiger partial charge in [-0.3, -0.25) is 4.79 Å². The zero-order valence-electron chi connectivity index (χ0n) is 11.2. The molecule has 0 aliphatic rings. The third-order valence-electron chi connectivity index (χ3n) is 2.95. The number of para-hydroxylation sites is 1. The highest BCUT2D eigenvalue weighted by Crippen LogP contribution is 2.14. The van der Waals surface area contributed by atoms with E-state index in [4.69, 9.17) is 4.74 Å². The van der Waals surface area contributed by atoms with Crippen molar-refractivity contribution in [1.29, 1.82) is 0 Å². The van der Waals surface area contributed by atoms with E-state index in [9.17, 15) is 9.59 Å². The molecule has 0 aliphatic carbocycles. The molecule has 0 bridgehead atoms. The Morgan fingerprint density at radius 2 is 2.00 bits per heavy atom. The summed E-state index contributed by atoms with van der Waals surface area (Å²) >= 11 is 0. The quantitative estimate of drug-likeness (QED) is 0.793. The minimum atomic E-state index is -0.553. The van der Waals surface area contributed by atoms with E-state index in [1.165, 1.54) is 0 Å². The summed E-state index contributed by atoms with van der Waals surface area (Å²) < 4.78 is 6.58. The smallest absolute Gasteiger partial charge is 0.343 e. The summed E-state index contributed by atoms with van der Waals surface area (Å²) in [4.78, 5) is 24.2. The number of aryl methyl sites for hydroxylation is 1. The molecule has 19 heavy (non-hydrogen) atoms. The van der Waals surface area contributed by atoms with E-state index in [-0.39, 0.29) is 17.7 Å². The molecule has 0 aliphatic heterocycles. The number of ether oxygens (including phenoxy) is 1. The molecule has 1 heterocycles. The molecule has 0 spiro atoms. The molecule has 0 amide bonds. The molecule has 0 saturated carbocycles. The van der Waals surface area contributed by atoms with E-state index < -0.39 is 5.97 Å². The van der Waals surface area contributed by atoms with Gasteiger partial charge in [0.05, 0.1) is 12.1 Å². The maximum atomic E-state index is 12.4. The van der Waals surface area contributed by atoms with Crippen LogP contribution in [-0.2, 0) is 11.3 Å². The predicted molar refractivity (Wildman–Crippen MR) is 74.5 cm³/mol. The molecule has 2 rings (SSSR count). The molecule has 0 atom stereocenters.